The SMILES string of the molecule is Cc1ccc(C2C(C(=O)O)CCC(=O)N2CC(C)C)cn1. The Hall–Kier alpha value is -1.91. The van der Waals surface area contributed by atoms with Crippen molar-refractivity contribution in [2.24, 2.45) is 11.8 Å². The average molecular weight is 290 g/mol. The Morgan fingerprint density at radius 1 is 1.48 bits per heavy atom. The average Bonchev–Trinajstić information content (AvgIpc) is 2.41. The lowest BCUT2D eigenvalue weighted by Crippen LogP contribution is -2.46. The van der Waals surface area contributed by atoms with Gasteiger partial charge in [0.2, 0.25) is 5.91 Å². The largest absolute Gasteiger partial charge is 0.481 e. The number of nitrogens with zero attached hydrogens (tertiary/aromatic N) is 2. The van der Waals surface area contributed by atoms with Crippen LogP contribution in [0.1, 0.15) is 44.0 Å². The fraction of sp³-hybridized carbons (Fsp3) is 0.562. The first-order chi connectivity index (χ1) is 9.90. The molecule has 114 valence electrons. The van der Waals surface area contributed by atoms with Crippen LogP contribution in [-0.4, -0.2) is 33.4 Å². The molecule has 1 amide bonds. The van der Waals surface area contributed by atoms with Crippen LogP contribution in [0.3, 0.4) is 0 Å². The fourth-order valence-electron chi connectivity index (χ4n) is 2.89. The van der Waals surface area contributed by atoms with E-state index in [2.05, 4.69) is 4.98 Å². The third-order valence-electron chi connectivity index (χ3n) is 3.86. The van der Waals surface area contributed by atoms with Crippen LogP contribution in [0.5, 0.6) is 0 Å². The number of hydrogen-bond acceptors (Lipinski definition) is 3. The van der Waals surface area contributed by atoms with Crippen molar-refractivity contribution in [1.29, 1.82) is 0 Å². The van der Waals surface area contributed by atoms with Gasteiger partial charge in [0, 0.05) is 24.9 Å². The van der Waals surface area contributed by atoms with E-state index < -0.39 is 17.9 Å². The van der Waals surface area contributed by atoms with Crippen LogP contribution in [0.2, 0.25) is 0 Å². The molecule has 0 spiro atoms. The number of aryl methyl sites for hydroxylation is 1. The number of aromatic nitrogens is 1. The molecule has 0 bridgehead atoms. The van der Waals surface area contributed by atoms with Gasteiger partial charge >= 0.3 is 5.97 Å². The standard InChI is InChI=1S/C16H22N2O3/c1-10(2)9-18-14(19)7-6-13(16(20)21)15(18)12-5-4-11(3)17-8-12/h4-5,8,10,13,15H,6-7,9H2,1-3H3,(H,20,21). The van der Waals surface area contributed by atoms with E-state index >= 15 is 0 Å². The fourth-order valence-corrected chi connectivity index (χ4v) is 2.89. The van der Waals surface area contributed by atoms with Gasteiger partial charge in [-0.15, -0.1) is 0 Å². The molecule has 1 aromatic rings. The molecule has 0 aliphatic carbocycles. The lowest BCUT2D eigenvalue weighted by Gasteiger charge is -2.40. The minimum absolute atomic E-state index is 0.0341. The molecule has 2 unspecified atom stereocenters. The number of carbonyl (C=O) groups is 2. The zero-order valence-corrected chi connectivity index (χ0v) is 12.7. The maximum atomic E-state index is 12.3. The van der Waals surface area contributed by atoms with Crippen LogP contribution in [0, 0.1) is 18.8 Å². The summed E-state index contributed by atoms with van der Waals surface area (Å²) in [6, 6.07) is 3.33. The van der Waals surface area contributed by atoms with Gasteiger partial charge in [-0.1, -0.05) is 19.9 Å². The second-order valence-electron chi connectivity index (χ2n) is 6.10. The molecule has 1 aliphatic heterocycles. The third-order valence-corrected chi connectivity index (χ3v) is 3.86. The van der Waals surface area contributed by atoms with Gasteiger partial charge in [0.25, 0.3) is 0 Å². The summed E-state index contributed by atoms with van der Waals surface area (Å²) in [4.78, 5) is 29.8. The molecule has 1 aromatic heterocycles. The van der Waals surface area contributed by atoms with Crippen LogP contribution in [0.4, 0.5) is 0 Å². The lowest BCUT2D eigenvalue weighted by molar-refractivity contribution is -0.152. The van der Waals surface area contributed by atoms with E-state index in [9.17, 15) is 14.7 Å². The smallest absolute Gasteiger partial charge is 0.308 e. The summed E-state index contributed by atoms with van der Waals surface area (Å²) in [5.74, 6) is -1.08. The molecule has 2 heterocycles. The number of aliphatic carboxylic acids is 1. The summed E-state index contributed by atoms with van der Waals surface area (Å²) >= 11 is 0. The second-order valence-corrected chi connectivity index (χ2v) is 6.10. The second kappa shape index (κ2) is 6.24. The van der Waals surface area contributed by atoms with Gasteiger partial charge in [0.1, 0.15) is 0 Å². The first kappa shape index (κ1) is 15.5. The number of carbonyl (C=O) groups excluding carboxylic acids is 1. The van der Waals surface area contributed by atoms with Gasteiger partial charge in [0.05, 0.1) is 12.0 Å². The normalized spacial score (nSPS) is 22.7. The highest BCUT2D eigenvalue weighted by Gasteiger charge is 2.40. The maximum absolute atomic E-state index is 12.3. The predicted molar refractivity (Wildman–Crippen MR) is 78.6 cm³/mol. The number of rotatable bonds is 4. The van der Waals surface area contributed by atoms with Gasteiger partial charge in [-0.3, -0.25) is 14.6 Å². The third kappa shape index (κ3) is 3.40. The number of likely N-dealkylation sites (tertiary alicyclic amines) is 1. The van der Waals surface area contributed by atoms with E-state index in [1.165, 1.54) is 0 Å². The highest BCUT2D eigenvalue weighted by atomic mass is 16.4. The van der Waals surface area contributed by atoms with Gasteiger partial charge < -0.3 is 10.0 Å². The topological polar surface area (TPSA) is 70.5 Å². The first-order valence-electron chi connectivity index (χ1n) is 7.35. The van der Waals surface area contributed by atoms with Gasteiger partial charge in [0.15, 0.2) is 0 Å². The van der Waals surface area contributed by atoms with Crippen molar-refractivity contribution < 1.29 is 14.7 Å². The summed E-state index contributed by atoms with van der Waals surface area (Å²) < 4.78 is 0. The van der Waals surface area contributed by atoms with E-state index in [1.807, 2.05) is 32.9 Å². The molecule has 2 rings (SSSR count). The van der Waals surface area contributed by atoms with E-state index in [4.69, 9.17) is 0 Å². The summed E-state index contributed by atoms with van der Waals surface area (Å²) in [6.45, 7) is 6.52. The van der Waals surface area contributed by atoms with Gasteiger partial charge in [-0.25, -0.2) is 0 Å². The predicted octanol–water partition coefficient (Wildman–Crippen LogP) is 2.41. The molecule has 5 nitrogen and oxygen atoms in total. The minimum atomic E-state index is -0.846. The quantitative estimate of drug-likeness (QED) is 0.924. The molecule has 2 atom stereocenters. The minimum Gasteiger partial charge on any atom is -0.481 e. The number of carboxylic acids is 1. The van der Waals surface area contributed by atoms with E-state index in [-0.39, 0.29) is 5.91 Å². The summed E-state index contributed by atoms with van der Waals surface area (Å²) in [5, 5.41) is 9.50. The number of pyridine rings is 1. The first-order valence-corrected chi connectivity index (χ1v) is 7.35. The molecular weight excluding hydrogens is 268 g/mol. The van der Waals surface area contributed by atoms with E-state index in [0.717, 1.165) is 11.3 Å². The van der Waals surface area contributed by atoms with Gasteiger partial charge in [-0.05, 0) is 30.9 Å². The molecule has 5 heteroatoms. The Labute approximate surface area is 125 Å². The van der Waals surface area contributed by atoms with Gasteiger partial charge in [-0.2, -0.15) is 0 Å². The molecule has 1 fully saturated rings. The Balaban J connectivity index is 2.40. The Morgan fingerprint density at radius 3 is 2.71 bits per heavy atom. The van der Waals surface area contributed by atoms with Crippen LogP contribution in [-0.2, 0) is 9.59 Å². The summed E-state index contributed by atoms with van der Waals surface area (Å²) in [6.07, 6.45) is 2.39. The van der Waals surface area contributed by atoms with Crippen molar-refractivity contribution in [3.8, 4) is 0 Å². The van der Waals surface area contributed by atoms with Crippen molar-refractivity contribution in [3.63, 3.8) is 0 Å². The van der Waals surface area contributed by atoms with Crippen molar-refractivity contribution in [2.75, 3.05) is 6.54 Å². The van der Waals surface area contributed by atoms with E-state index in [1.54, 1.807) is 11.1 Å². The molecule has 1 saturated heterocycles. The summed E-state index contributed by atoms with van der Waals surface area (Å²) in [5.41, 5.74) is 1.69. The van der Waals surface area contributed by atoms with Crippen molar-refractivity contribution >= 4 is 11.9 Å². The Bertz CT molecular complexity index is 525. The zero-order valence-electron chi connectivity index (χ0n) is 12.7. The van der Waals surface area contributed by atoms with Crippen molar-refractivity contribution in [3.05, 3.63) is 29.6 Å². The molecule has 1 aliphatic rings. The number of hydrogen-bond donors (Lipinski definition) is 1. The molecule has 21 heavy (non-hydrogen) atoms. The number of amides is 1. The number of carboxylic acid groups (broad SMARTS) is 1. The molecule has 1 N–H and O–H groups in total. The Morgan fingerprint density at radius 2 is 2.19 bits per heavy atom. The monoisotopic (exact) mass is 290 g/mol. The van der Waals surface area contributed by atoms with Crippen LogP contribution < -0.4 is 0 Å². The van der Waals surface area contributed by atoms with Crippen molar-refractivity contribution in [1.82, 2.24) is 9.88 Å². The lowest BCUT2D eigenvalue weighted by atomic mass is 9.84. The summed E-state index contributed by atoms with van der Waals surface area (Å²) in [7, 11) is 0. The maximum Gasteiger partial charge on any atom is 0.308 e. The zero-order chi connectivity index (χ0) is 15.6. The Kier molecular flexibility index (Phi) is 4.60. The van der Waals surface area contributed by atoms with Crippen LogP contribution >= 0.6 is 0 Å². The van der Waals surface area contributed by atoms with E-state index in [0.29, 0.717) is 25.3 Å². The molecule has 0 aromatic carbocycles. The molecule has 0 radical (unpaired) electrons. The van der Waals surface area contributed by atoms with Crippen LogP contribution in [0.25, 0.3) is 0 Å². The molecule has 0 saturated carbocycles. The van der Waals surface area contributed by atoms with Crippen molar-refractivity contribution in [2.45, 2.75) is 39.7 Å². The highest BCUT2D eigenvalue weighted by Crippen LogP contribution is 2.37. The van der Waals surface area contributed by atoms with Crippen LogP contribution in [0.15, 0.2) is 18.3 Å². The molecular formula is C16H22N2O3. The number of piperidine rings is 1. The highest BCUT2D eigenvalue weighted by molar-refractivity contribution is 5.81.